The van der Waals surface area contributed by atoms with Crippen LogP contribution in [0.5, 0.6) is 11.5 Å². The predicted molar refractivity (Wildman–Crippen MR) is 107 cm³/mol. The number of aryl methyl sites for hydroxylation is 1. The molecule has 160 valence electrons. The summed E-state index contributed by atoms with van der Waals surface area (Å²) < 4.78 is 16.1. The first-order valence-electron chi connectivity index (χ1n) is 9.96. The molecule has 8 heteroatoms. The lowest BCUT2D eigenvalue weighted by atomic mass is 10.1. The zero-order valence-electron chi connectivity index (χ0n) is 17.4. The molecule has 1 aromatic rings. The highest BCUT2D eigenvalue weighted by molar-refractivity contribution is 5.92. The van der Waals surface area contributed by atoms with Gasteiger partial charge in [0.25, 0.3) is 5.91 Å². The van der Waals surface area contributed by atoms with E-state index in [0.29, 0.717) is 31.2 Å². The summed E-state index contributed by atoms with van der Waals surface area (Å²) in [6.07, 6.45) is 2.61. The Morgan fingerprint density at radius 1 is 1.24 bits per heavy atom. The molecule has 1 unspecified atom stereocenters. The molecule has 0 aromatic heterocycles. The zero-order valence-corrected chi connectivity index (χ0v) is 17.4. The van der Waals surface area contributed by atoms with E-state index in [1.807, 2.05) is 19.1 Å². The third-order valence-corrected chi connectivity index (χ3v) is 4.69. The molecular formula is C21H30N2O6. The molecule has 0 radical (unpaired) electrons. The van der Waals surface area contributed by atoms with E-state index in [1.54, 1.807) is 6.07 Å². The lowest BCUT2D eigenvalue weighted by Gasteiger charge is -2.34. The number of hydrogen-bond acceptors (Lipinski definition) is 6. The number of methoxy groups -OCH3 is 1. The van der Waals surface area contributed by atoms with Crippen molar-refractivity contribution in [2.45, 2.75) is 45.6 Å². The van der Waals surface area contributed by atoms with Crippen LogP contribution in [0.4, 0.5) is 0 Å². The minimum Gasteiger partial charge on any atom is -0.493 e. The van der Waals surface area contributed by atoms with Crippen LogP contribution in [0.15, 0.2) is 18.2 Å². The maximum absolute atomic E-state index is 12.7. The minimum atomic E-state index is -0.890. The first-order chi connectivity index (χ1) is 14.0. The van der Waals surface area contributed by atoms with Crippen molar-refractivity contribution < 1.29 is 28.6 Å². The van der Waals surface area contributed by atoms with Gasteiger partial charge >= 0.3 is 5.97 Å². The molecule has 2 rings (SSSR count). The van der Waals surface area contributed by atoms with Gasteiger partial charge in [0.15, 0.2) is 18.1 Å². The lowest BCUT2D eigenvalue weighted by Crippen LogP contribution is -2.58. The van der Waals surface area contributed by atoms with E-state index in [1.165, 1.54) is 12.0 Å². The summed E-state index contributed by atoms with van der Waals surface area (Å²) in [5, 5.41) is 2.70. The van der Waals surface area contributed by atoms with Crippen LogP contribution in [0.25, 0.3) is 0 Å². The van der Waals surface area contributed by atoms with E-state index in [-0.39, 0.29) is 24.8 Å². The van der Waals surface area contributed by atoms with Crippen LogP contribution in [0.1, 0.15) is 38.2 Å². The quantitative estimate of drug-likeness (QED) is 0.471. The standard InChI is InChI=1S/C21H30N2O6/c1-4-5-6-11-28-20(25)13-16-21(26)22-9-10-23(16)19(24)14-29-17-8-7-15(2)12-18(17)27-3/h7-8,12,16H,4-6,9-11,13-14H2,1-3H3,(H,22,26). The molecule has 0 spiro atoms. The second-order valence-corrected chi connectivity index (χ2v) is 6.97. The van der Waals surface area contributed by atoms with Gasteiger partial charge in [0.1, 0.15) is 6.04 Å². The van der Waals surface area contributed by atoms with E-state index >= 15 is 0 Å². The molecule has 1 heterocycles. The van der Waals surface area contributed by atoms with Crippen LogP contribution in [0.3, 0.4) is 0 Å². The summed E-state index contributed by atoms with van der Waals surface area (Å²) in [4.78, 5) is 38.4. The van der Waals surface area contributed by atoms with Gasteiger partial charge in [-0.1, -0.05) is 25.8 Å². The SMILES string of the molecule is CCCCCOC(=O)CC1C(=O)NCCN1C(=O)COc1ccc(C)cc1OC. The number of benzene rings is 1. The first kappa shape index (κ1) is 22.5. The van der Waals surface area contributed by atoms with Gasteiger partial charge in [-0.15, -0.1) is 0 Å². The van der Waals surface area contributed by atoms with Crippen molar-refractivity contribution in [3.8, 4) is 11.5 Å². The number of esters is 1. The summed E-state index contributed by atoms with van der Waals surface area (Å²) in [6, 6.07) is 4.51. The minimum absolute atomic E-state index is 0.169. The van der Waals surface area contributed by atoms with Gasteiger partial charge < -0.3 is 24.4 Å². The number of nitrogens with one attached hydrogen (secondary N) is 1. The van der Waals surface area contributed by atoms with Crippen LogP contribution >= 0.6 is 0 Å². The molecule has 2 amide bonds. The number of piperazine rings is 1. The Bertz CT molecular complexity index is 721. The average molecular weight is 406 g/mol. The smallest absolute Gasteiger partial charge is 0.308 e. The highest BCUT2D eigenvalue weighted by Gasteiger charge is 2.35. The molecule has 1 aliphatic rings. The Labute approximate surface area is 171 Å². The van der Waals surface area contributed by atoms with Crippen molar-refractivity contribution in [3.05, 3.63) is 23.8 Å². The van der Waals surface area contributed by atoms with E-state index in [2.05, 4.69) is 12.2 Å². The summed E-state index contributed by atoms with van der Waals surface area (Å²) in [7, 11) is 1.53. The van der Waals surface area contributed by atoms with Crippen LogP contribution in [-0.4, -0.2) is 62.1 Å². The van der Waals surface area contributed by atoms with Gasteiger partial charge in [0.2, 0.25) is 5.91 Å². The molecular weight excluding hydrogens is 376 g/mol. The molecule has 0 saturated carbocycles. The number of carbonyl (C=O) groups excluding carboxylic acids is 3. The first-order valence-corrected chi connectivity index (χ1v) is 9.96. The maximum atomic E-state index is 12.7. The summed E-state index contributed by atoms with van der Waals surface area (Å²) in [5.74, 6) is -0.238. The van der Waals surface area contributed by atoms with Gasteiger partial charge in [-0.25, -0.2) is 0 Å². The second-order valence-electron chi connectivity index (χ2n) is 6.97. The van der Waals surface area contributed by atoms with Crippen LogP contribution in [0, 0.1) is 6.92 Å². The van der Waals surface area contributed by atoms with E-state index in [0.717, 1.165) is 24.8 Å². The highest BCUT2D eigenvalue weighted by atomic mass is 16.5. The molecule has 1 N–H and O–H groups in total. The Balaban J connectivity index is 1.95. The molecule has 1 saturated heterocycles. The predicted octanol–water partition coefficient (Wildman–Crippen LogP) is 1.83. The van der Waals surface area contributed by atoms with Crippen LogP contribution < -0.4 is 14.8 Å². The number of amides is 2. The number of unbranched alkanes of at least 4 members (excludes halogenated alkanes) is 2. The van der Waals surface area contributed by atoms with Crippen molar-refractivity contribution in [2.24, 2.45) is 0 Å². The van der Waals surface area contributed by atoms with E-state index < -0.39 is 12.0 Å². The molecule has 1 atom stereocenters. The number of hydrogen-bond donors (Lipinski definition) is 1. The lowest BCUT2D eigenvalue weighted by molar-refractivity contribution is -0.152. The largest absolute Gasteiger partial charge is 0.493 e. The number of rotatable bonds is 10. The summed E-state index contributed by atoms with van der Waals surface area (Å²) in [5.41, 5.74) is 1.01. The molecule has 8 nitrogen and oxygen atoms in total. The molecule has 0 bridgehead atoms. The fourth-order valence-electron chi connectivity index (χ4n) is 3.09. The van der Waals surface area contributed by atoms with Gasteiger partial charge in [-0.3, -0.25) is 14.4 Å². The zero-order chi connectivity index (χ0) is 21.2. The van der Waals surface area contributed by atoms with Crippen LogP contribution in [0.2, 0.25) is 0 Å². The van der Waals surface area contributed by atoms with Crippen molar-refractivity contribution >= 4 is 17.8 Å². The third kappa shape index (κ3) is 6.66. The van der Waals surface area contributed by atoms with E-state index in [9.17, 15) is 14.4 Å². The average Bonchev–Trinajstić information content (AvgIpc) is 2.71. The Hall–Kier alpha value is -2.77. The normalized spacial score (nSPS) is 16.2. The highest BCUT2D eigenvalue weighted by Crippen LogP contribution is 2.27. The van der Waals surface area contributed by atoms with Crippen LogP contribution in [-0.2, 0) is 19.1 Å². The monoisotopic (exact) mass is 406 g/mol. The summed E-state index contributed by atoms with van der Waals surface area (Å²) in [6.45, 7) is 4.70. The fourth-order valence-corrected chi connectivity index (χ4v) is 3.09. The third-order valence-electron chi connectivity index (χ3n) is 4.69. The van der Waals surface area contributed by atoms with Gasteiger partial charge in [0, 0.05) is 13.1 Å². The molecule has 1 fully saturated rings. The van der Waals surface area contributed by atoms with Gasteiger partial charge in [-0.2, -0.15) is 0 Å². The number of carbonyl (C=O) groups is 3. The van der Waals surface area contributed by atoms with Gasteiger partial charge in [0.05, 0.1) is 20.1 Å². The fraction of sp³-hybridized carbons (Fsp3) is 0.571. The maximum Gasteiger partial charge on any atom is 0.308 e. The summed E-state index contributed by atoms with van der Waals surface area (Å²) >= 11 is 0. The van der Waals surface area contributed by atoms with Crippen molar-refractivity contribution in [2.75, 3.05) is 33.4 Å². The Morgan fingerprint density at radius 2 is 2.03 bits per heavy atom. The van der Waals surface area contributed by atoms with Crippen molar-refractivity contribution in [1.29, 1.82) is 0 Å². The Kier molecular flexibility index (Phi) is 8.76. The molecule has 1 aliphatic heterocycles. The van der Waals surface area contributed by atoms with Crippen molar-refractivity contribution in [3.63, 3.8) is 0 Å². The molecule has 1 aromatic carbocycles. The van der Waals surface area contributed by atoms with E-state index in [4.69, 9.17) is 14.2 Å². The van der Waals surface area contributed by atoms with Gasteiger partial charge in [-0.05, 0) is 31.0 Å². The second kappa shape index (κ2) is 11.3. The number of ether oxygens (including phenoxy) is 3. The number of nitrogens with zero attached hydrogens (tertiary/aromatic N) is 1. The van der Waals surface area contributed by atoms with Crippen molar-refractivity contribution in [1.82, 2.24) is 10.2 Å². The molecule has 0 aliphatic carbocycles. The Morgan fingerprint density at radius 3 is 2.76 bits per heavy atom. The topological polar surface area (TPSA) is 94.2 Å². The molecule has 29 heavy (non-hydrogen) atoms.